The molecule has 0 aromatic rings. The first-order valence-corrected chi connectivity index (χ1v) is 11.7. The molecule has 1 nitrogen and oxygen atoms in total. The lowest BCUT2D eigenvalue weighted by Gasteiger charge is -2.25. The zero-order chi connectivity index (χ0) is 19.0. The topological polar surface area (TPSA) is 9.23 Å². The summed E-state index contributed by atoms with van der Waals surface area (Å²) in [5.41, 5.74) is 0. The number of hydrogen-bond donors (Lipinski definition) is 0. The van der Waals surface area contributed by atoms with Gasteiger partial charge in [0.2, 0.25) is 9.76 Å². The van der Waals surface area contributed by atoms with Gasteiger partial charge < -0.3 is 4.43 Å². The molecule has 0 bridgehead atoms. The van der Waals surface area contributed by atoms with Gasteiger partial charge in [-0.1, -0.05) is 105 Å². The summed E-state index contributed by atoms with van der Waals surface area (Å²) in [6.07, 6.45) is 16.0. The second-order valence-electron chi connectivity index (χ2n) is 8.48. The van der Waals surface area contributed by atoms with Crippen molar-refractivity contribution in [2.45, 2.75) is 130 Å². The Bertz CT molecular complexity index is 351. The molecule has 25 heavy (non-hydrogen) atoms. The molecule has 0 amide bonds. The van der Waals surface area contributed by atoms with E-state index < -0.39 is 0 Å². The van der Waals surface area contributed by atoms with Gasteiger partial charge in [-0.05, 0) is 23.8 Å². The summed E-state index contributed by atoms with van der Waals surface area (Å²) < 4.78 is 6.21. The van der Waals surface area contributed by atoms with Gasteiger partial charge in [-0.25, -0.2) is 0 Å². The fourth-order valence-corrected chi connectivity index (χ4v) is 3.84. The minimum atomic E-state index is 0.126. The van der Waals surface area contributed by atoms with Gasteiger partial charge in [0.05, 0.1) is 0 Å². The molecular weight excluding hydrogens is 320 g/mol. The van der Waals surface area contributed by atoms with Gasteiger partial charge in [-0.3, -0.25) is 0 Å². The molecule has 0 fully saturated rings. The molecule has 0 spiro atoms. The molecule has 0 saturated carbocycles. The minimum Gasteiger partial charge on any atom is -0.403 e. The average molecular weight is 365 g/mol. The van der Waals surface area contributed by atoms with Crippen LogP contribution in [-0.4, -0.2) is 15.9 Å². The van der Waals surface area contributed by atoms with Crippen molar-refractivity contribution in [3.63, 3.8) is 0 Å². The van der Waals surface area contributed by atoms with E-state index in [2.05, 4.69) is 53.4 Å². The van der Waals surface area contributed by atoms with Crippen molar-refractivity contribution in [3.8, 4) is 11.8 Å². The lowest BCUT2D eigenvalue weighted by atomic mass is 10.0. The van der Waals surface area contributed by atoms with Gasteiger partial charge in [0.15, 0.2) is 0 Å². The highest BCUT2D eigenvalue weighted by Crippen LogP contribution is 2.31. The summed E-state index contributed by atoms with van der Waals surface area (Å²) in [6, 6.07) is 0. The maximum atomic E-state index is 6.21. The Labute approximate surface area is 162 Å². The van der Waals surface area contributed by atoms with Crippen LogP contribution < -0.4 is 0 Å². The van der Waals surface area contributed by atoms with E-state index in [9.17, 15) is 0 Å². The highest BCUT2D eigenvalue weighted by atomic mass is 28.2. The van der Waals surface area contributed by atoms with Crippen LogP contribution in [0.1, 0.15) is 119 Å². The predicted octanol–water partition coefficient (Wildman–Crippen LogP) is 7.57. The van der Waals surface area contributed by atoms with E-state index in [-0.39, 0.29) is 6.10 Å². The van der Waals surface area contributed by atoms with Gasteiger partial charge in [0, 0.05) is 6.42 Å². The summed E-state index contributed by atoms with van der Waals surface area (Å²) in [6.45, 7) is 13.6. The molecule has 2 heteroatoms. The molecule has 0 aliphatic rings. The zero-order valence-electron chi connectivity index (χ0n) is 18.0. The first kappa shape index (κ1) is 24.7. The summed E-state index contributed by atoms with van der Waals surface area (Å²) in [5, 5.41) is 0.296. The third-order valence-corrected chi connectivity index (χ3v) is 5.71. The smallest absolute Gasteiger partial charge is 0.237 e. The van der Waals surface area contributed by atoms with E-state index in [0.717, 1.165) is 12.8 Å². The fraction of sp³-hybridized carbons (Fsp3) is 0.913. The van der Waals surface area contributed by atoms with E-state index in [1.54, 1.807) is 0 Å². The number of rotatable bonds is 15. The lowest BCUT2D eigenvalue weighted by molar-refractivity contribution is 0.227. The summed E-state index contributed by atoms with van der Waals surface area (Å²) in [7, 11) is 0.559. The van der Waals surface area contributed by atoms with Crippen LogP contribution in [0.4, 0.5) is 0 Å². The Hall–Kier alpha value is -0.263. The van der Waals surface area contributed by atoms with E-state index in [1.807, 2.05) is 0 Å². The lowest BCUT2D eigenvalue weighted by Crippen LogP contribution is -2.23. The maximum Gasteiger partial charge on any atom is 0.237 e. The van der Waals surface area contributed by atoms with Crippen LogP contribution in [0.3, 0.4) is 0 Å². The Kier molecular flexibility index (Phi) is 15.8. The fourth-order valence-electron chi connectivity index (χ4n) is 2.94. The van der Waals surface area contributed by atoms with E-state index >= 15 is 0 Å². The Morgan fingerprint density at radius 3 is 1.96 bits per heavy atom. The average Bonchev–Trinajstić information content (AvgIpc) is 2.55. The van der Waals surface area contributed by atoms with Gasteiger partial charge in [0.1, 0.15) is 6.10 Å². The largest absolute Gasteiger partial charge is 0.403 e. The Morgan fingerprint density at radius 1 is 0.880 bits per heavy atom. The van der Waals surface area contributed by atoms with Crippen molar-refractivity contribution < 1.29 is 4.43 Å². The third-order valence-electron chi connectivity index (χ3n) is 4.51. The van der Waals surface area contributed by atoms with Crippen molar-refractivity contribution in [1.29, 1.82) is 0 Å². The van der Waals surface area contributed by atoms with Crippen molar-refractivity contribution in [3.05, 3.63) is 0 Å². The Morgan fingerprint density at radius 2 is 1.44 bits per heavy atom. The van der Waals surface area contributed by atoms with E-state index in [4.69, 9.17) is 4.43 Å². The molecule has 146 valence electrons. The first-order chi connectivity index (χ1) is 11.9. The Balaban J connectivity index is 3.87. The van der Waals surface area contributed by atoms with Crippen LogP contribution in [0, 0.1) is 17.8 Å². The van der Waals surface area contributed by atoms with Gasteiger partial charge in [0.25, 0.3) is 0 Å². The number of unbranched alkanes of at least 4 members (excludes halogenated alkanes) is 8. The second kappa shape index (κ2) is 16.0. The van der Waals surface area contributed by atoms with Crippen LogP contribution in [-0.2, 0) is 4.43 Å². The zero-order valence-corrected chi connectivity index (χ0v) is 19.0. The van der Waals surface area contributed by atoms with Gasteiger partial charge in [-0.2, -0.15) is 0 Å². The molecule has 2 radical (unpaired) electrons. The molecule has 0 saturated heterocycles. The number of hydrogen-bond acceptors (Lipinski definition) is 1. The highest BCUT2D eigenvalue weighted by Gasteiger charge is 2.22. The van der Waals surface area contributed by atoms with Gasteiger partial charge in [-0.15, -0.1) is 5.92 Å². The molecule has 0 heterocycles. The van der Waals surface area contributed by atoms with Crippen molar-refractivity contribution in [2.75, 3.05) is 0 Å². The first-order valence-electron chi connectivity index (χ1n) is 10.8. The molecule has 0 aliphatic carbocycles. The normalized spacial score (nSPS) is 12.9. The molecule has 0 aromatic carbocycles. The maximum absolute atomic E-state index is 6.21. The van der Waals surface area contributed by atoms with E-state index in [1.165, 1.54) is 64.2 Å². The quantitative estimate of drug-likeness (QED) is 0.165. The molecule has 1 atom stereocenters. The van der Waals surface area contributed by atoms with Crippen LogP contribution in [0.15, 0.2) is 0 Å². The standard InChI is InChI=1S/C23H44OSi/c1-7-9-11-12-13-14-15-16-17-19-23(5,6)25-24-22(18-10-8-2)20-21(3)4/h21-22H,7-9,11-17,19-20H2,1-6H3. The highest BCUT2D eigenvalue weighted by molar-refractivity contribution is 6.32. The second-order valence-corrected chi connectivity index (χ2v) is 10.3. The minimum absolute atomic E-state index is 0.126. The molecular formula is C23H44OSi. The summed E-state index contributed by atoms with van der Waals surface area (Å²) >= 11 is 0. The van der Waals surface area contributed by atoms with Crippen molar-refractivity contribution >= 4 is 9.76 Å². The molecule has 0 N–H and O–H groups in total. The SMILES string of the molecule is CCC#CC(CC(C)C)O[Si]C(C)(C)CCCCCCCCCCC. The van der Waals surface area contributed by atoms with Crippen LogP contribution in [0.2, 0.25) is 5.04 Å². The summed E-state index contributed by atoms with van der Waals surface area (Å²) in [4.78, 5) is 0. The van der Waals surface area contributed by atoms with Crippen LogP contribution in [0.5, 0.6) is 0 Å². The molecule has 0 rings (SSSR count). The van der Waals surface area contributed by atoms with Crippen molar-refractivity contribution in [2.24, 2.45) is 5.92 Å². The van der Waals surface area contributed by atoms with Crippen molar-refractivity contribution in [1.82, 2.24) is 0 Å². The van der Waals surface area contributed by atoms with E-state index in [0.29, 0.717) is 20.7 Å². The van der Waals surface area contributed by atoms with Crippen LogP contribution >= 0.6 is 0 Å². The van der Waals surface area contributed by atoms with Gasteiger partial charge >= 0.3 is 0 Å². The predicted molar refractivity (Wildman–Crippen MR) is 114 cm³/mol. The molecule has 0 aromatic heterocycles. The van der Waals surface area contributed by atoms with Crippen LogP contribution in [0.25, 0.3) is 0 Å². The molecule has 0 aliphatic heterocycles. The summed E-state index contributed by atoms with van der Waals surface area (Å²) in [5.74, 6) is 7.16. The monoisotopic (exact) mass is 364 g/mol. The molecule has 1 unspecified atom stereocenters. The third kappa shape index (κ3) is 16.9.